The summed E-state index contributed by atoms with van der Waals surface area (Å²) in [5, 5.41) is 3.67. The van der Waals surface area contributed by atoms with Crippen molar-refractivity contribution >= 4 is 0 Å². The third kappa shape index (κ3) is 3.67. The van der Waals surface area contributed by atoms with Gasteiger partial charge in [0.2, 0.25) is 0 Å². The summed E-state index contributed by atoms with van der Waals surface area (Å²) in [6.45, 7) is 12.2. The minimum absolute atomic E-state index is 0.697. The van der Waals surface area contributed by atoms with Crippen LogP contribution in [0.15, 0.2) is 0 Å². The first-order valence-electron chi connectivity index (χ1n) is 7.53. The Kier molecular flexibility index (Phi) is 5.26. The van der Waals surface area contributed by atoms with Crippen LogP contribution in [0.5, 0.6) is 0 Å². The SMILES string of the molecule is CCCNC(CC)CN1CCN2CCCC2C1. The average molecular weight is 239 g/mol. The summed E-state index contributed by atoms with van der Waals surface area (Å²) in [7, 11) is 0. The molecule has 2 aliphatic heterocycles. The number of nitrogens with zero attached hydrogens (tertiary/aromatic N) is 2. The Bertz CT molecular complexity index is 220. The molecule has 2 aliphatic rings. The molecular formula is C14H29N3. The van der Waals surface area contributed by atoms with Gasteiger partial charge in [0.25, 0.3) is 0 Å². The molecular weight excluding hydrogens is 210 g/mol. The molecule has 0 spiro atoms. The van der Waals surface area contributed by atoms with Crippen molar-refractivity contribution in [1.82, 2.24) is 15.1 Å². The molecule has 1 N–H and O–H groups in total. The van der Waals surface area contributed by atoms with Gasteiger partial charge in [-0.3, -0.25) is 9.80 Å². The van der Waals surface area contributed by atoms with Gasteiger partial charge in [0.1, 0.15) is 0 Å². The summed E-state index contributed by atoms with van der Waals surface area (Å²) in [4.78, 5) is 5.38. The van der Waals surface area contributed by atoms with E-state index in [1.165, 1.54) is 65.0 Å². The third-order valence-corrected chi connectivity index (χ3v) is 4.33. The molecule has 0 aromatic rings. The van der Waals surface area contributed by atoms with Crippen molar-refractivity contribution in [3.8, 4) is 0 Å². The first kappa shape index (κ1) is 13.3. The van der Waals surface area contributed by atoms with Gasteiger partial charge in [-0.2, -0.15) is 0 Å². The van der Waals surface area contributed by atoms with E-state index in [1.807, 2.05) is 0 Å². The monoisotopic (exact) mass is 239 g/mol. The Hall–Kier alpha value is -0.120. The largest absolute Gasteiger partial charge is 0.313 e. The highest BCUT2D eigenvalue weighted by Gasteiger charge is 2.30. The summed E-state index contributed by atoms with van der Waals surface area (Å²) in [5.41, 5.74) is 0. The van der Waals surface area contributed by atoms with Crippen LogP contribution in [0.4, 0.5) is 0 Å². The number of rotatable bonds is 6. The molecule has 0 aromatic heterocycles. The average Bonchev–Trinajstić information content (AvgIpc) is 2.81. The molecule has 0 aromatic carbocycles. The fourth-order valence-corrected chi connectivity index (χ4v) is 3.22. The van der Waals surface area contributed by atoms with Crippen LogP contribution in [0.1, 0.15) is 39.5 Å². The maximum atomic E-state index is 3.67. The summed E-state index contributed by atoms with van der Waals surface area (Å²) in [6, 6.07) is 1.57. The summed E-state index contributed by atoms with van der Waals surface area (Å²) < 4.78 is 0. The normalized spacial score (nSPS) is 28.2. The number of nitrogens with one attached hydrogen (secondary N) is 1. The predicted octanol–water partition coefficient (Wildman–Crippen LogP) is 1.54. The van der Waals surface area contributed by atoms with Crippen LogP contribution >= 0.6 is 0 Å². The van der Waals surface area contributed by atoms with Gasteiger partial charge in [0, 0.05) is 38.3 Å². The molecule has 0 bridgehead atoms. The van der Waals surface area contributed by atoms with Crippen LogP contribution in [0.2, 0.25) is 0 Å². The molecule has 2 heterocycles. The molecule has 2 rings (SSSR count). The Morgan fingerprint density at radius 3 is 2.88 bits per heavy atom. The lowest BCUT2D eigenvalue weighted by Crippen LogP contribution is -2.53. The fraction of sp³-hybridized carbons (Fsp3) is 1.00. The molecule has 3 heteroatoms. The second-order valence-corrected chi connectivity index (χ2v) is 5.65. The van der Waals surface area contributed by atoms with Gasteiger partial charge in [-0.25, -0.2) is 0 Å². The van der Waals surface area contributed by atoms with E-state index in [9.17, 15) is 0 Å². The van der Waals surface area contributed by atoms with E-state index in [1.54, 1.807) is 0 Å². The van der Waals surface area contributed by atoms with E-state index >= 15 is 0 Å². The maximum Gasteiger partial charge on any atom is 0.0224 e. The smallest absolute Gasteiger partial charge is 0.0224 e. The van der Waals surface area contributed by atoms with Crippen molar-refractivity contribution in [2.75, 3.05) is 39.3 Å². The molecule has 0 aliphatic carbocycles. The minimum Gasteiger partial charge on any atom is -0.313 e. The zero-order chi connectivity index (χ0) is 12.1. The standard InChI is InChI=1S/C14H29N3/c1-3-7-15-13(4-2)11-16-9-10-17-8-5-6-14(17)12-16/h13-15H,3-12H2,1-2H3. The quantitative estimate of drug-likeness (QED) is 0.758. The highest BCUT2D eigenvalue weighted by molar-refractivity contribution is 4.88. The summed E-state index contributed by atoms with van der Waals surface area (Å²) in [5.74, 6) is 0. The Labute approximate surface area is 107 Å². The van der Waals surface area contributed by atoms with Crippen molar-refractivity contribution in [1.29, 1.82) is 0 Å². The molecule has 2 fully saturated rings. The zero-order valence-electron chi connectivity index (χ0n) is 11.6. The van der Waals surface area contributed by atoms with Gasteiger partial charge in [-0.05, 0) is 38.8 Å². The van der Waals surface area contributed by atoms with E-state index in [4.69, 9.17) is 0 Å². The Morgan fingerprint density at radius 1 is 1.24 bits per heavy atom. The van der Waals surface area contributed by atoms with E-state index in [-0.39, 0.29) is 0 Å². The van der Waals surface area contributed by atoms with Crippen LogP contribution in [0.25, 0.3) is 0 Å². The maximum absolute atomic E-state index is 3.67. The van der Waals surface area contributed by atoms with E-state index in [0.717, 1.165) is 6.04 Å². The molecule has 2 saturated heterocycles. The van der Waals surface area contributed by atoms with Gasteiger partial charge in [-0.1, -0.05) is 13.8 Å². The van der Waals surface area contributed by atoms with Gasteiger partial charge < -0.3 is 5.32 Å². The molecule has 2 atom stereocenters. The lowest BCUT2D eigenvalue weighted by atomic mass is 10.1. The molecule has 100 valence electrons. The molecule has 0 radical (unpaired) electrons. The zero-order valence-corrected chi connectivity index (χ0v) is 11.6. The molecule has 0 saturated carbocycles. The van der Waals surface area contributed by atoms with Gasteiger partial charge >= 0.3 is 0 Å². The van der Waals surface area contributed by atoms with Crippen LogP contribution < -0.4 is 5.32 Å². The topological polar surface area (TPSA) is 18.5 Å². The lowest BCUT2D eigenvalue weighted by molar-refractivity contribution is 0.0959. The van der Waals surface area contributed by atoms with Crippen molar-refractivity contribution in [3.63, 3.8) is 0 Å². The first-order valence-corrected chi connectivity index (χ1v) is 7.53. The van der Waals surface area contributed by atoms with E-state index < -0.39 is 0 Å². The lowest BCUT2D eigenvalue weighted by Gasteiger charge is -2.39. The fourth-order valence-electron chi connectivity index (χ4n) is 3.22. The van der Waals surface area contributed by atoms with Crippen molar-refractivity contribution < 1.29 is 0 Å². The summed E-state index contributed by atoms with van der Waals surface area (Å²) >= 11 is 0. The van der Waals surface area contributed by atoms with Crippen LogP contribution in [0, 0.1) is 0 Å². The second kappa shape index (κ2) is 6.72. The van der Waals surface area contributed by atoms with E-state index in [0.29, 0.717) is 6.04 Å². The third-order valence-electron chi connectivity index (χ3n) is 4.33. The summed E-state index contributed by atoms with van der Waals surface area (Å²) in [6.07, 6.45) is 5.34. The predicted molar refractivity (Wildman–Crippen MR) is 73.4 cm³/mol. The van der Waals surface area contributed by atoms with Crippen LogP contribution in [-0.2, 0) is 0 Å². The second-order valence-electron chi connectivity index (χ2n) is 5.65. The number of piperazine rings is 1. The van der Waals surface area contributed by atoms with Crippen LogP contribution in [-0.4, -0.2) is 61.2 Å². The molecule has 2 unspecified atom stereocenters. The van der Waals surface area contributed by atoms with Crippen molar-refractivity contribution in [2.24, 2.45) is 0 Å². The number of hydrogen-bond donors (Lipinski definition) is 1. The highest BCUT2D eigenvalue weighted by atomic mass is 15.3. The Morgan fingerprint density at radius 2 is 2.12 bits per heavy atom. The van der Waals surface area contributed by atoms with Crippen LogP contribution in [0.3, 0.4) is 0 Å². The van der Waals surface area contributed by atoms with Gasteiger partial charge in [0.05, 0.1) is 0 Å². The van der Waals surface area contributed by atoms with Gasteiger partial charge in [0.15, 0.2) is 0 Å². The minimum atomic E-state index is 0.697. The van der Waals surface area contributed by atoms with Crippen molar-refractivity contribution in [2.45, 2.75) is 51.6 Å². The van der Waals surface area contributed by atoms with Crippen molar-refractivity contribution in [3.05, 3.63) is 0 Å². The molecule has 3 nitrogen and oxygen atoms in total. The number of hydrogen-bond acceptors (Lipinski definition) is 3. The van der Waals surface area contributed by atoms with Gasteiger partial charge in [-0.15, -0.1) is 0 Å². The Balaban J connectivity index is 1.74. The van der Waals surface area contributed by atoms with E-state index in [2.05, 4.69) is 29.0 Å². The molecule has 17 heavy (non-hydrogen) atoms. The highest BCUT2D eigenvalue weighted by Crippen LogP contribution is 2.21. The molecule has 0 amide bonds. The first-order chi connectivity index (χ1) is 8.33. The number of fused-ring (bicyclic) bond motifs is 1.